The first-order valence-corrected chi connectivity index (χ1v) is 16.0. The van der Waals surface area contributed by atoms with Gasteiger partial charge in [-0.15, -0.1) is 0 Å². The quantitative estimate of drug-likeness (QED) is 0.283. The minimum atomic E-state index is -1.92. The SMILES string of the molecule is CC(=O)Nc1nc(CCc2ccc(NC(OC(N)=O)(OC(=O)NC(C)(C)C)C(C)(C)C)cc2)c(C(=O)N2CCSCC2)s1. The number of hydrogen-bond acceptors (Lipinski definition) is 10. The standard InChI is InChI=1S/C29H42N6O6S2/c1-18(36)31-25-32-21(22(43-25)23(37)35-14-16-42-17-15-35)13-10-19-8-11-20(12-9-19)33-29(27(2,3)4,40-24(30)38)41-26(39)34-28(5,6)7/h8-9,11-12,33H,10,13-17H2,1-7H3,(H2,30,38)(H,34,39)(H,31,32,36). The molecule has 5 N–H and O–H groups in total. The second-order valence-corrected chi connectivity index (χ2v) is 14.5. The Morgan fingerprint density at radius 3 is 2.14 bits per heavy atom. The average Bonchev–Trinajstić information content (AvgIpc) is 3.27. The van der Waals surface area contributed by atoms with Gasteiger partial charge in [0, 0.05) is 42.7 Å². The minimum Gasteiger partial charge on any atom is -0.387 e. The third-order valence-electron chi connectivity index (χ3n) is 6.33. The van der Waals surface area contributed by atoms with Crippen LogP contribution in [0, 0.1) is 5.41 Å². The molecular formula is C29H42N6O6S2. The molecule has 2 aromatic rings. The van der Waals surface area contributed by atoms with Gasteiger partial charge >= 0.3 is 18.1 Å². The van der Waals surface area contributed by atoms with Gasteiger partial charge in [-0.25, -0.2) is 14.6 Å². The fourth-order valence-corrected chi connectivity index (χ4v) is 6.11. The van der Waals surface area contributed by atoms with E-state index in [1.54, 1.807) is 53.7 Å². The lowest BCUT2D eigenvalue weighted by Crippen LogP contribution is -2.59. The highest BCUT2D eigenvalue weighted by Crippen LogP contribution is 2.37. The van der Waals surface area contributed by atoms with Crippen LogP contribution in [0.5, 0.6) is 0 Å². The molecule has 0 spiro atoms. The maximum Gasteiger partial charge on any atom is 0.412 e. The Balaban J connectivity index is 1.79. The molecule has 0 radical (unpaired) electrons. The molecule has 0 aliphatic carbocycles. The van der Waals surface area contributed by atoms with Crippen LogP contribution in [0.3, 0.4) is 0 Å². The highest BCUT2D eigenvalue weighted by Gasteiger charge is 2.50. The Labute approximate surface area is 260 Å². The number of amides is 4. The van der Waals surface area contributed by atoms with Crippen molar-refractivity contribution in [1.82, 2.24) is 15.2 Å². The van der Waals surface area contributed by atoms with Crippen LogP contribution in [0.2, 0.25) is 0 Å². The summed E-state index contributed by atoms with van der Waals surface area (Å²) in [6.45, 7) is 13.4. The van der Waals surface area contributed by atoms with Gasteiger partial charge in [-0.05, 0) is 51.3 Å². The van der Waals surface area contributed by atoms with Crippen molar-refractivity contribution in [3.05, 3.63) is 40.4 Å². The van der Waals surface area contributed by atoms with Crippen LogP contribution in [0.25, 0.3) is 0 Å². The summed E-state index contributed by atoms with van der Waals surface area (Å²) in [5.41, 5.74) is 5.98. The molecule has 2 heterocycles. The van der Waals surface area contributed by atoms with E-state index in [0.717, 1.165) is 17.1 Å². The highest BCUT2D eigenvalue weighted by molar-refractivity contribution is 7.99. The number of aryl methyl sites for hydroxylation is 2. The fourth-order valence-electron chi connectivity index (χ4n) is 4.18. The number of primary amides is 1. The van der Waals surface area contributed by atoms with Gasteiger partial charge in [0.25, 0.3) is 5.91 Å². The molecule has 43 heavy (non-hydrogen) atoms. The fraction of sp³-hybridized carbons (Fsp3) is 0.552. The van der Waals surface area contributed by atoms with E-state index >= 15 is 0 Å². The van der Waals surface area contributed by atoms with Crippen molar-refractivity contribution in [2.75, 3.05) is 35.2 Å². The van der Waals surface area contributed by atoms with Crippen LogP contribution in [-0.2, 0) is 27.1 Å². The monoisotopic (exact) mass is 634 g/mol. The van der Waals surface area contributed by atoms with Gasteiger partial charge in [-0.1, -0.05) is 44.2 Å². The Morgan fingerprint density at radius 1 is 0.977 bits per heavy atom. The molecular weight excluding hydrogens is 592 g/mol. The molecule has 1 aliphatic heterocycles. The van der Waals surface area contributed by atoms with Gasteiger partial charge in [0.15, 0.2) is 5.13 Å². The summed E-state index contributed by atoms with van der Waals surface area (Å²) >= 11 is 3.02. The van der Waals surface area contributed by atoms with Crippen LogP contribution in [0.15, 0.2) is 24.3 Å². The summed E-state index contributed by atoms with van der Waals surface area (Å²) in [5.74, 6) is -0.438. The molecule has 1 aromatic carbocycles. The maximum absolute atomic E-state index is 13.3. The van der Waals surface area contributed by atoms with Crippen molar-refractivity contribution in [1.29, 1.82) is 0 Å². The van der Waals surface area contributed by atoms with E-state index in [9.17, 15) is 19.2 Å². The number of aromatic nitrogens is 1. The number of nitrogens with zero attached hydrogens (tertiary/aromatic N) is 2. The summed E-state index contributed by atoms with van der Waals surface area (Å²) in [6, 6.07) is 7.29. The number of anilines is 2. The van der Waals surface area contributed by atoms with E-state index < -0.39 is 29.1 Å². The second kappa shape index (κ2) is 13.8. The molecule has 14 heteroatoms. The zero-order chi connectivity index (χ0) is 32.0. The zero-order valence-electron chi connectivity index (χ0n) is 25.8. The number of alkyl carbamates (subject to hydrolysis) is 1. The summed E-state index contributed by atoms with van der Waals surface area (Å²) in [7, 11) is 0. The molecule has 1 saturated heterocycles. The van der Waals surface area contributed by atoms with Crippen LogP contribution in [0.4, 0.5) is 20.4 Å². The second-order valence-electron chi connectivity index (χ2n) is 12.3. The lowest BCUT2D eigenvalue weighted by molar-refractivity contribution is -0.202. The lowest BCUT2D eigenvalue weighted by atomic mass is 9.90. The topological polar surface area (TPSA) is 165 Å². The van der Waals surface area contributed by atoms with Crippen LogP contribution in [0.1, 0.15) is 69.4 Å². The van der Waals surface area contributed by atoms with Crippen molar-refractivity contribution in [2.45, 2.75) is 72.8 Å². The molecule has 1 fully saturated rings. The van der Waals surface area contributed by atoms with E-state index in [1.165, 1.54) is 18.3 Å². The van der Waals surface area contributed by atoms with Crippen molar-refractivity contribution >= 4 is 57.9 Å². The normalized spacial score (nSPS) is 15.2. The lowest BCUT2D eigenvalue weighted by Gasteiger charge is -2.42. The number of hydrogen-bond donors (Lipinski definition) is 4. The summed E-state index contributed by atoms with van der Waals surface area (Å²) in [5, 5.41) is 8.86. The molecule has 12 nitrogen and oxygen atoms in total. The number of benzene rings is 1. The Hall–Kier alpha value is -3.52. The average molecular weight is 635 g/mol. The van der Waals surface area contributed by atoms with Crippen LogP contribution >= 0.6 is 23.1 Å². The van der Waals surface area contributed by atoms with E-state index in [4.69, 9.17) is 15.2 Å². The largest absolute Gasteiger partial charge is 0.412 e. The predicted octanol–water partition coefficient (Wildman–Crippen LogP) is 4.81. The molecule has 4 amide bonds. The number of nitrogens with one attached hydrogen (secondary N) is 3. The summed E-state index contributed by atoms with van der Waals surface area (Å²) in [4.78, 5) is 56.5. The third kappa shape index (κ3) is 9.75. The number of nitrogens with two attached hydrogens (primary N) is 1. The van der Waals surface area contributed by atoms with E-state index in [2.05, 4.69) is 20.9 Å². The molecule has 1 unspecified atom stereocenters. The van der Waals surface area contributed by atoms with Crippen molar-refractivity contribution < 1.29 is 28.7 Å². The van der Waals surface area contributed by atoms with Gasteiger partial charge < -0.3 is 36.1 Å². The van der Waals surface area contributed by atoms with Gasteiger partial charge in [0.1, 0.15) is 4.88 Å². The molecule has 0 saturated carbocycles. The molecule has 1 aromatic heterocycles. The molecule has 1 aliphatic rings. The van der Waals surface area contributed by atoms with Gasteiger partial charge in [0.05, 0.1) is 11.1 Å². The molecule has 236 valence electrons. The van der Waals surface area contributed by atoms with Gasteiger partial charge in [-0.3, -0.25) is 9.59 Å². The summed E-state index contributed by atoms with van der Waals surface area (Å²) in [6.07, 6.45) is -0.840. The Kier molecular flexibility index (Phi) is 10.9. The van der Waals surface area contributed by atoms with Crippen LogP contribution < -0.4 is 21.7 Å². The molecule has 1 atom stereocenters. The van der Waals surface area contributed by atoms with Crippen molar-refractivity contribution in [3.8, 4) is 0 Å². The van der Waals surface area contributed by atoms with Crippen LogP contribution in [-0.4, -0.2) is 69.9 Å². The first kappa shape index (κ1) is 34.0. The highest BCUT2D eigenvalue weighted by atomic mass is 32.2. The van der Waals surface area contributed by atoms with Gasteiger partial charge in [-0.2, -0.15) is 11.8 Å². The van der Waals surface area contributed by atoms with Crippen molar-refractivity contribution in [2.24, 2.45) is 11.1 Å². The summed E-state index contributed by atoms with van der Waals surface area (Å²) < 4.78 is 11.1. The Bertz CT molecular complexity index is 1310. The smallest absolute Gasteiger partial charge is 0.387 e. The molecule has 0 bridgehead atoms. The predicted molar refractivity (Wildman–Crippen MR) is 169 cm³/mol. The number of ether oxygens (including phenoxy) is 2. The van der Waals surface area contributed by atoms with E-state index in [0.29, 0.717) is 47.3 Å². The van der Waals surface area contributed by atoms with E-state index in [1.807, 2.05) is 28.8 Å². The van der Waals surface area contributed by atoms with Crippen molar-refractivity contribution in [3.63, 3.8) is 0 Å². The maximum atomic E-state index is 13.3. The minimum absolute atomic E-state index is 0.0626. The van der Waals surface area contributed by atoms with E-state index in [-0.39, 0.29) is 11.8 Å². The number of thiazole rings is 1. The van der Waals surface area contributed by atoms with Gasteiger partial charge in [0.2, 0.25) is 5.91 Å². The number of carbonyl (C=O) groups is 4. The Morgan fingerprint density at radius 2 is 1.60 bits per heavy atom. The molecule has 3 rings (SSSR count). The number of thioether (sulfide) groups is 1. The zero-order valence-corrected chi connectivity index (χ0v) is 27.4. The first-order chi connectivity index (χ1) is 20.0. The third-order valence-corrected chi connectivity index (χ3v) is 8.27. The number of rotatable bonds is 9. The first-order valence-electron chi connectivity index (χ1n) is 14.0. The number of carbonyl (C=O) groups excluding carboxylic acids is 4.